The molecular formula is C18H18O2. The molecule has 2 aromatic carbocycles. The zero-order valence-electron chi connectivity index (χ0n) is 11.7. The molecule has 2 heteroatoms. The molecule has 0 unspecified atom stereocenters. The van der Waals surface area contributed by atoms with Gasteiger partial charge in [0.05, 0.1) is 13.0 Å². The molecule has 1 saturated carbocycles. The minimum absolute atomic E-state index is 0.0997. The van der Waals surface area contributed by atoms with E-state index in [1.807, 2.05) is 36.4 Å². The summed E-state index contributed by atoms with van der Waals surface area (Å²) in [5.74, 6) is 0.0299. The van der Waals surface area contributed by atoms with Crippen LogP contribution in [0, 0.1) is 11.8 Å². The predicted molar refractivity (Wildman–Crippen MR) is 78.3 cm³/mol. The van der Waals surface area contributed by atoms with Gasteiger partial charge in [-0.05, 0) is 17.0 Å². The van der Waals surface area contributed by atoms with Crippen LogP contribution >= 0.6 is 0 Å². The number of methoxy groups -OCH3 is 1. The first-order valence-electron chi connectivity index (χ1n) is 6.91. The maximum Gasteiger partial charge on any atom is 0.310 e. The fourth-order valence-corrected chi connectivity index (χ4v) is 3.56. The first kappa shape index (κ1) is 12.9. The van der Waals surface area contributed by atoms with E-state index in [1.54, 1.807) is 0 Å². The Labute approximate surface area is 119 Å². The smallest absolute Gasteiger partial charge is 0.310 e. The van der Waals surface area contributed by atoms with Gasteiger partial charge in [-0.3, -0.25) is 4.79 Å². The van der Waals surface area contributed by atoms with Crippen LogP contribution in [-0.4, -0.2) is 13.1 Å². The molecule has 2 atom stereocenters. The van der Waals surface area contributed by atoms with Crippen molar-refractivity contribution in [3.63, 3.8) is 0 Å². The molecule has 1 fully saturated rings. The van der Waals surface area contributed by atoms with E-state index in [4.69, 9.17) is 4.74 Å². The maximum absolute atomic E-state index is 12.1. The van der Waals surface area contributed by atoms with E-state index in [1.165, 1.54) is 18.2 Å². The fraction of sp³-hybridized carbons (Fsp3) is 0.278. The second-order valence-electron chi connectivity index (χ2n) is 5.39. The van der Waals surface area contributed by atoms with Gasteiger partial charge in [-0.1, -0.05) is 67.6 Å². The summed E-state index contributed by atoms with van der Waals surface area (Å²) in [6.07, 6.45) is 0. The van der Waals surface area contributed by atoms with Crippen molar-refractivity contribution in [2.75, 3.05) is 7.11 Å². The number of carbonyl (C=O) groups is 1. The summed E-state index contributed by atoms with van der Waals surface area (Å²) in [5, 5.41) is 0. The first-order valence-corrected chi connectivity index (χ1v) is 6.91. The summed E-state index contributed by atoms with van der Waals surface area (Å²) in [6, 6.07) is 20.5. The summed E-state index contributed by atoms with van der Waals surface area (Å²) in [7, 11) is 1.47. The van der Waals surface area contributed by atoms with Gasteiger partial charge in [0, 0.05) is 5.41 Å². The van der Waals surface area contributed by atoms with Crippen LogP contribution in [0.3, 0.4) is 0 Å². The standard InChI is InChI=1S/C18H18O2/c1-13-16(17(19)20-2)18(13,14-9-5-3-6-10-14)15-11-7-4-8-12-15/h3-13,16H,1-2H3/t13-,16-/m0/s1. The summed E-state index contributed by atoms with van der Waals surface area (Å²) < 4.78 is 5.00. The van der Waals surface area contributed by atoms with E-state index in [2.05, 4.69) is 31.2 Å². The molecule has 102 valence electrons. The van der Waals surface area contributed by atoms with Gasteiger partial charge in [-0.25, -0.2) is 0 Å². The minimum Gasteiger partial charge on any atom is -0.469 e. The second-order valence-corrected chi connectivity index (χ2v) is 5.39. The van der Waals surface area contributed by atoms with Crippen LogP contribution < -0.4 is 0 Å². The third-order valence-electron chi connectivity index (χ3n) is 4.56. The van der Waals surface area contributed by atoms with Crippen molar-refractivity contribution >= 4 is 5.97 Å². The van der Waals surface area contributed by atoms with Gasteiger partial charge < -0.3 is 4.74 Å². The second kappa shape index (κ2) is 4.78. The molecule has 0 saturated heterocycles. The Balaban J connectivity index is 2.14. The summed E-state index contributed by atoms with van der Waals surface area (Å²) in [4.78, 5) is 12.1. The highest BCUT2D eigenvalue weighted by Crippen LogP contribution is 2.64. The average molecular weight is 266 g/mol. The number of carbonyl (C=O) groups excluding carboxylic acids is 1. The lowest BCUT2D eigenvalue weighted by atomic mass is 9.84. The molecule has 2 nitrogen and oxygen atoms in total. The highest BCUT2D eigenvalue weighted by molar-refractivity contribution is 5.82. The molecule has 0 heterocycles. The van der Waals surface area contributed by atoms with Gasteiger partial charge >= 0.3 is 5.97 Å². The van der Waals surface area contributed by atoms with Crippen molar-refractivity contribution in [3.8, 4) is 0 Å². The van der Waals surface area contributed by atoms with Gasteiger partial charge in [0.15, 0.2) is 0 Å². The lowest BCUT2D eigenvalue weighted by Crippen LogP contribution is -2.18. The van der Waals surface area contributed by atoms with Gasteiger partial charge in [0.25, 0.3) is 0 Å². The Morgan fingerprint density at radius 2 is 1.40 bits per heavy atom. The molecule has 0 aliphatic heterocycles. The molecule has 0 bridgehead atoms. The Bertz CT molecular complexity index is 564. The Morgan fingerprint density at radius 3 is 1.80 bits per heavy atom. The predicted octanol–water partition coefficient (Wildman–Crippen LogP) is 3.41. The first-order chi connectivity index (χ1) is 9.72. The van der Waals surface area contributed by atoms with Crippen molar-refractivity contribution < 1.29 is 9.53 Å². The summed E-state index contributed by atoms with van der Waals surface area (Å²) in [6.45, 7) is 2.13. The van der Waals surface area contributed by atoms with Crippen LogP contribution in [0.4, 0.5) is 0 Å². The van der Waals surface area contributed by atoms with Crippen LogP contribution in [0.5, 0.6) is 0 Å². The molecule has 0 amide bonds. The van der Waals surface area contributed by atoms with Gasteiger partial charge in [0.1, 0.15) is 0 Å². The largest absolute Gasteiger partial charge is 0.469 e. The number of hydrogen-bond donors (Lipinski definition) is 0. The highest BCUT2D eigenvalue weighted by atomic mass is 16.5. The minimum atomic E-state index is -0.240. The molecule has 1 aliphatic carbocycles. The molecule has 2 aromatic rings. The molecule has 0 spiro atoms. The quantitative estimate of drug-likeness (QED) is 0.796. The zero-order valence-corrected chi connectivity index (χ0v) is 11.7. The van der Waals surface area contributed by atoms with Crippen molar-refractivity contribution in [2.24, 2.45) is 11.8 Å². The molecular weight excluding hydrogens is 248 g/mol. The van der Waals surface area contributed by atoms with E-state index in [0.29, 0.717) is 0 Å². The number of rotatable bonds is 3. The molecule has 0 N–H and O–H groups in total. The lowest BCUT2D eigenvalue weighted by Gasteiger charge is -2.19. The van der Waals surface area contributed by atoms with Crippen molar-refractivity contribution in [2.45, 2.75) is 12.3 Å². The van der Waals surface area contributed by atoms with Crippen LogP contribution in [0.2, 0.25) is 0 Å². The average Bonchev–Trinajstić information content (AvgIpc) is 3.15. The third kappa shape index (κ3) is 1.68. The van der Waals surface area contributed by atoms with Gasteiger partial charge in [0.2, 0.25) is 0 Å². The Morgan fingerprint density at radius 1 is 0.950 bits per heavy atom. The van der Waals surface area contributed by atoms with Crippen molar-refractivity contribution in [3.05, 3.63) is 71.8 Å². The number of ether oxygens (including phenoxy) is 1. The normalized spacial score (nSPS) is 23.1. The summed E-state index contributed by atoms with van der Waals surface area (Å²) in [5.41, 5.74) is 2.14. The molecule has 0 radical (unpaired) electrons. The molecule has 1 aliphatic rings. The zero-order chi connectivity index (χ0) is 14.2. The van der Waals surface area contributed by atoms with E-state index >= 15 is 0 Å². The summed E-state index contributed by atoms with van der Waals surface area (Å²) >= 11 is 0. The van der Waals surface area contributed by atoms with Gasteiger partial charge in [-0.15, -0.1) is 0 Å². The number of esters is 1. The van der Waals surface area contributed by atoms with Gasteiger partial charge in [-0.2, -0.15) is 0 Å². The molecule has 20 heavy (non-hydrogen) atoms. The molecule has 3 rings (SSSR count). The highest BCUT2D eigenvalue weighted by Gasteiger charge is 2.67. The van der Waals surface area contributed by atoms with Crippen LogP contribution in [-0.2, 0) is 14.9 Å². The Kier molecular flexibility index (Phi) is 3.09. The number of hydrogen-bond acceptors (Lipinski definition) is 2. The lowest BCUT2D eigenvalue weighted by molar-refractivity contribution is -0.142. The Hall–Kier alpha value is -2.09. The van der Waals surface area contributed by atoms with Crippen LogP contribution in [0.15, 0.2) is 60.7 Å². The van der Waals surface area contributed by atoms with Crippen LogP contribution in [0.25, 0.3) is 0 Å². The van der Waals surface area contributed by atoms with E-state index < -0.39 is 0 Å². The van der Waals surface area contributed by atoms with Crippen molar-refractivity contribution in [1.82, 2.24) is 0 Å². The maximum atomic E-state index is 12.1. The van der Waals surface area contributed by atoms with Crippen LogP contribution in [0.1, 0.15) is 18.1 Å². The molecule has 0 aromatic heterocycles. The monoisotopic (exact) mass is 266 g/mol. The third-order valence-corrected chi connectivity index (χ3v) is 4.56. The topological polar surface area (TPSA) is 26.3 Å². The number of benzene rings is 2. The van der Waals surface area contributed by atoms with E-state index in [-0.39, 0.29) is 23.2 Å². The van der Waals surface area contributed by atoms with Crippen molar-refractivity contribution in [1.29, 1.82) is 0 Å². The fourth-order valence-electron chi connectivity index (χ4n) is 3.56. The van der Waals surface area contributed by atoms with E-state index in [0.717, 1.165) is 0 Å². The van der Waals surface area contributed by atoms with E-state index in [9.17, 15) is 4.79 Å². The SMILES string of the molecule is COC(=O)[C@@H]1[C@H](C)C1(c1ccccc1)c1ccccc1.